The summed E-state index contributed by atoms with van der Waals surface area (Å²) in [5.41, 5.74) is 7.76. The van der Waals surface area contributed by atoms with Crippen molar-refractivity contribution in [3.05, 3.63) is 35.1 Å². The van der Waals surface area contributed by atoms with Gasteiger partial charge in [-0.2, -0.15) is 0 Å². The Bertz CT molecular complexity index is 376. The van der Waals surface area contributed by atoms with Gasteiger partial charge in [0.1, 0.15) is 5.82 Å². The molecular weight excluding hydrogens is 205 g/mol. The summed E-state index contributed by atoms with van der Waals surface area (Å²) in [6.07, 6.45) is 2.43. The van der Waals surface area contributed by atoms with Crippen LogP contribution in [0.5, 0.6) is 0 Å². The normalized spacial score (nSPS) is 19.5. The maximum atomic E-state index is 13.1. The van der Waals surface area contributed by atoms with Gasteiger partial charge in [0.05, 0.1) is 12.1 Å². The third-order valence-electron chi connectivity index (χ3n) is 3.28. The first-order valence-corrected chi connectivity index (χ1v) is 5.68. The van der Waals surface area contributed by atoms with Gasteiger partial charge in [0, 0.05) is 7.11 Å². The molecule has 0 heterocycles. The minimum atomic E-state index is -0.184. The molecule has 0 amide bonds. The Morgan fingerprint density at radius 3 is 2.62 bits per heavy atom. The van der Waals surface area contributed by atoms with Crippen molar-refractivity contribution in [3.63, 3.8) is 0 Å². The zero-order valence-electron chi connectivity index (χ0n) is 9.74. The van der Waals surface area contributed by atoms with E-state index < -0.39 is 0 Å². The Balaban J connectivity index is 2.18. The smallest absolute Gasteiger partial charge is 0.126 e. The van der Waals surface area contributed by atoms with Crippen LogP contribution in [0.25, 0.3) is 0 Å². The highest BCUT2D eigenvalue weighted by atomic mass is 19.1. The molecule has 1 aromatic carbocycles. The van der Waals surface area contributed by atoms with Crippen LogP contribution in [0.1, 0.15) is 30.0 Å². The summed E-state index contributed by atoms with van der Waals surface area (Å²) >= 11 is 0. The zero-order chi connectivity index (χ0) is 11.7. The summed E-state index contributed by atoms with van der Waals surface area (Å²) in [5, 5.41) is 0. The van der Waals surface area contributed by atoms with Gasteiger partial charge in [-0.3, -0.25) is 0 Å². The number of ether oxygens (including phenoxy) is 1. The van der Waals surface area contributed by atoms with Gasteiger partial charge < -0.3 is 10.5 Å². The van der Waals surface area contributed by atoms with Crippen LogP contribution in [0.2, 0.25) is 0 Å². The molecule has 88 valence electrons. The average molecular weight is 223 g/mol. The first-order chi connectivity index (χ1) is 7.63. The molecule has 2 rings (SSSR count). The fourth-order valence-electron chi connectivity index (χ4n) is 2.12. The second-order valence-corrected chi connectivity index (χ2v) is 4.57. The molecule has 0 aromatic heterocycles. The number of hydrogen-bond acceptors (Lipinski definition) is 2. The van der Waals surface area contributed by atoms with Crippen molar-refractivity contribution in [3.8, 4) is 0 Å². The number of benzene rings is 1. The Morgan fingerprint density at radius 1 is 1.44 bits per heavy atom. The molecule has 1 saturated carbocycles. The lowest BCUT2D eigenvalue weighted by atomic mass is 9.97. The van der Waals surface area contributed by atoms with E-state index in [1.165, 1.54) is 18.9 Å². The Labute approximate surface area is 95.6 Å². The first-order valence-electron chi connectivity index (χ1n) is 5.68. The van der Waals surface area contributed by atoms with Crippen LogP contribution in [-0.2, 0) is 4.74 Å². The Kier molecular flexibility index (Phi) is 3.26. The lowest BCUT2D eigenvalue weighted by Gasteiger charge is -2.23. The van der Waals surface area contributed by atoms with Crippen molar-refractivity contribution < 1.29 is 9.13 Å². The molecule has 16 heavy (non-hydrogen) atoms. The Morgan fingerprint density at radius 2 is 2.12 bits per heavy atom. The Hall–Kier alpha value is -0.930. The SMILES string of the molecule is COC(C1CC1)C(N)c1ccc(F)c(C)c1. The molecule has 0 spiro atoms. The van der Waals surface area contributed by atoms with Crippen LogP contribution in [0.3, 0.4) is 0 Å². The predicted molar refractivity (Wildman–Crippen MR) is 61.6 cm³/mol. The van der Waals surface area contributed by atoms with Crippen molar-refractivity contribution in [2.75, 3.05) is 7.11 Å². The van der Waals surface area contributed by atoms with Gasteiger partial charge >= 0.3 is 0 Å². The molecule has 2 unspecified atom stereocenters. The van der Waals surface area contributed by atoms with E-state index in [4.69, 9.17) is 10.5 Å². The van der Waals surface area contributed by atoms with Gasteiger partial charge in [0.25, 0.3) is 0 Å². The summed E-state index contributed by atoms with van der Waals surface area (Å²) in [6, 6.07) is 4.89. The van der Waals surface area contributed by atoms with Crippen molar-refractivity contribution in [1.82, 2.24) is 0 Å². The third-order valence-corrected chi connectivity index (χ3v) is 3.28. The summed E-state index contributed by atoms with van der Waals surface area (Å²) in [4.78, 5) is 0. The zero-order valence-corrected chi connectivity index (χ0v) is 9.74. The van der Waals surface area contributed by atoms with Gasteiger partial charge in [0.2, 0.25) is 0 Å². The molecule has 0 saturated heterocycles. The molecule has 1 fully saturated rings. The topological polar surface area (TPSA) is 35.2 Å². The van der Waals surface area contributed by atoms with E-state index in [0.717, 1.165) is 5.56 Å². The second-order valence-electron chi connectivity index (χ2n) is 4.57. The van der Waals surface area contributed by atoms with Gasteiger partial charge in [-0.25, -0.2) is 4.39 Å². The molecule has 1 aliphatic rings. The van der Waals surface area contributed by atoms with E-state index in [2.05, 4.69) is 0 Å². The van der Waals surface area contributed by atoms with E-state index in [1.54, 1.807) is 20.1 Å². The summed E-state index contributed by atoms with van der Waals surface area (Å²) in [7, 11) is 1.69. The van der Waals surface area contributed by atoms with Crippen LogP contribution in [0, 0.1) is 18.7 Å². The second kappa shape index (κ2) is 4.52. The van der Waals surface area contributed by atoms with Crippen LogP contribution in [0.4, 0.5) is 4.39 Å². The molecule has 0 bridgehead atoms. The highest BCUT2D eigenvalue weighted by Gasteiger charge is 2.35. The minimum absolute atomic E-state index is 0.0601. The fraction of sp³-hybridized carbons (Fsp3) is 0.538. The number of methoxy groups -OCH3 is 1. The van der Waals surface area contributed by atoms with Crippen LogP contribution in [0.15, 0.2) is 18.2 Å². The van der Waals surface area contributed by atoms with E-state index >= 15 is 0 Å². The average Bonchev–Trinajstić information content (AvgIpc) is 3.07. The summed E-state index contributed by atoms with van der Waals surface area (Å²) < 4.78 is 18.6. The molecule has 1 aromatic rings. The first kappa shape index (κ1) is 11.6. The van der Waals surface area contributed by atoms with Crippen molar-refractivity contribution >= 4 is 0 Å². The number of hydrogen-bond donors (Lipinski definition) is 1. The monoisotopic (exact) mass is 223 g/mol. The quantitative estimate of drug-likeness (QED) is 0.851. The minimum Gasteiger partial charge on any atom is -0.379 e. The molecule has 0 aliphatic heterocycles. The number of nitrogens with two attached hydrogens (primary N) is 1. The molecular formula is C13H18FNO. The van der Waals surface area contributed by atoms with Gasteiger partial charge in [0.15, 0.2) is 0 Å². The summed E-state index contributed by atoms with van der Waals surface area (Å²) in [6.45, 7) is 1.75. The molecule has 1 aliphatic carbocycles. The standard InChI is InChI=1S/C13H18FNO/c1-8-7-10(5-6-11(8)14)12(15)13(16-2)9-3-4-9/h5-7,9,12-13H,3-4,15H2,1-2H3. The molecule has 2 nitrogen and oxygen atoms in total. The van der Waals surface area contributed by atoms with Gasteiger partial charge in [-0.05, 0) is 42.9 Å². The van der Waals surface area contributed by atoms with Gasteiger partial charge in [-0.15, -0.1) is 0 Å². The largest absolute Gasteiger partial charge is 0.379 e. The highest BCUT2D eigenvalue weighted by Crippen LogP contribution is 2.39. The van der Waals surface area contributed by atoms with Crippen molar-refractivity contribution in [2.24, 2.45) is 11.7 Å². The lowest BCUT2D eigenvalue weighted by molar-refractivity contribution is 0.0624. The van der Waals surface area contributed by atoms with Crippen LogP contribution >= 0.6 is 0 Å². The lowest BCUT2D eigenvalue weighted by Crippen LogP contribution is -2.30. The predicted octanol–water partition coefficient (Wildman–Crippen LogP) is 2.56. The van der Waals surface area contributed by atoms with Crippen molar-refractivity contribution in [2.45, 2.75) is 31.9 Å². The van der Waals surface area contributed by atoms with Crippen LogP contribution < -0.4 is 5.73 Å². The van der Waals surface area contributed by atoms with Crippen LogP contribution in [-0.4, -0.2) is 13.2 Å². The maximum absolute atomic E-state index is 13.1. The number of rotatable bonds is 4. The number of halogens is 1. The molecule has 2 N–H and O–H groups in total. The molecule has 0 radical (unpaired) electrons. The van der Waals surface area contributed by atoms with Crippen molar-refractivity contribution in [1.29, 1.82) is 0 Å². The maximum Gasteiger partial charge on any atom is 0.126 e. The summed E-state index contributed by atoms with van der Waals surface area (Å²) in [5.74, 6) is 0.390. The van der Waals surface area contributed by atoms with E-state index in [-0.39, 0.29) is 18.0 Å². The number of aryl methyl sites for hydroxylation is 1. The van der Waals surface area contributed by atoms with E-state index in [0.29, 0.717) is 11.5 Å². The van der Waals surface area contributed by atoms with Gasteiger partial charge in [-0.1, -0.05) is 12.1 Å². The molecule has 2 atom stereocenters. The fourth-order valence-corrected chi connectivity index (χ4v) is 2.12. The molecule has 3 heteroatoms. The van der Waals surface area contributed by atoms with E-state index in [9.17, 15) is 4.39 Å². The highest BCUT2D eigenvalue weighted by molar-refractivity contribution is 5.27. The van der Waals surface area contributed by atoms with E-state index in [1.807, 2.05) is 6.07 Å². The third kappa shape index (κ3) is 2.25.